The maximum atomic E-state index is 12.6. The minimum atomic E-state index is -4.17. The standard InChI is InChI=1S/C18H20N2O6S/c1-26-14-8-9-15-13(11-14)5-4-10-18(15,21)12-19-27(24,25)17-7-3-2-6-16(17)20(22)23/h2-3,6-9,11,19,21H,4-5,10,12H2,1H3. The molecule has 0 fully saturated rings. The lowest BCUT2D eigenvalue weighted by Gasteiger charge is -2.34. The van der Waals surface area contributed by atoms with Crippen LogP contribution in [0.1, 0.15) is 24.0 Å². The number of hydrogen-bond acceptors (Lipinski definition) is 6. The average molecular weight is 392 g/mol. The number of nitro benzene ring substituents is 1. The molecule has 0 bridgehead atoms. The van der Waals surface area contributed by atoms with E-state index < -0.39 is 31.1 Å². The van der Waals surface area contributed by atoms with Crippen LogP contribution in [0, 0.1) is 10.1 Å². The zero-order valence-corrected chi connectivity index (χ0v) is 15.5. The van der Waals surface area contributed by atoms with Crippen molar-refractivity contribution in [2.75, 3.05) is 13.7 Å². The molecule has 0 aliphatic heterocycles. The molecular formula is C18H20N2O6S. The summed E-state index contributed by atoms with van der Waals surface area (Å²) in [6.45, 7) is -0.277. The van der Waals surface area contributed by atoms with Crippen LogP contribution in [0.15, 0.2) is 47.4 Å². The summed E-state index contributed by atoms with van der Waals surface area (Å²) in [5, 5.41) is 22.2. The van der Waals surface area contributed by atoms with E-state index in [0.717, 1.165) is 18.1 Å². The van der Waals surface area contributed by atoms with Crippen molar-refractivity contribution >= 4 is 15.7 Å². The Morgan fingerprint density at radius 2 is 2.04 bits per heavy atom. The molecule has 2 N–H and O–H groups in total. The fourth-order valence-electron chi connectivity index (χ4n) is 3.37. The first-order valence-corrected chi connectivity index (χ1v) is 9.88. The van der Waals surface area contributed by atoms with Crippen LogP contribution in [0.4, 0.5) is 5.69 Å². The second kappa shape index (κ2) is 7.26. The largest absolute Gasteiger partial charge is 0.497 e. The molecule has 3 rings (SSSR count). The van der Waals surface area contributed by atoms with Crippen LogP contribution in [0.5, 0.6) is 5.75 Å². The van der Waals surface area contributed by atoms with Gasteiger partial charge in [-0.25, -0.2) is 13.1 Å². The molecular weight excluding hydrogens is 372 g/mol. The van der Waals surface area contributed by atoms with Crippen molar-refractivity contribution in [3.63, 3.8) is 0 Å². The van der Waals surface area contributed by atoms with Crippen molar-refractivity contribution in [3.05, 3.63) is 63.7 Å². The average Bonchev–Trinajstić information content (AvgIpc) is 2.66. The number of nitro groups is 1. The Kier molecular flexibility index (Phi) is 5.18. The molecule has 1 aliphatic rings. The third kappa shape index (κ3) is 3.80. The minimum absolute atomic E-state index is 0.277. The highest BCUT2D eigenvalue weighted by atomic mass is 32.2. The lowest BCUT2D eigenvalue weighted by molar-refractivity contribution is -0.387. The molecule has 2 aromatic rings. The minimum Gasteiger partial charge on any atom is -0.497 e. The zero-order valence-electron chi connectivity index (χ0n) is 14.7. The van der Waals surface area contributed by atoms with E-state index in [0.29, 0.717) is 24.2 Å². The van der Waals surface area contributed by atoms with Crippen LogP contribution < -0.4 is 9.46 Å². The van der Waals surface area contributed by atoms with Gasteiger partial charge in [-0.1, -0.05) is 18.2 Å². The number of aryl methyl sites for hydroxylation is 1. The number of rotatable bonds is 6. The van der Waals surface area contributed by atoms with Crippen LogP contribution in [-0.4, -0.2) is 32.1 Å². The molecule has 0 saturated carbocycles. The van der Waals surface area contributed by atoms with Crippen LogP contribution >= 0.6 is 0 Å². The number of benzene rings is 2. The number of fused-ring (bicyclic) bond motifs is 1. The first kappa shape index (κ1) is 19.3. The summed E-state index contributed by atoms with van der Waals surface area (Å²) in [4.78, 5) is 9.94. The van der Waals surface area contributed by atoms with Gasteiger partial charge in [-0.3, -0.25) is 10.1 Å². The monoisotopic (exact) mass is 392 g/mol. The van der Waals surface area contributed by atoms with Crippen molar-refractivity contribution in [2.24, 2.45) is 0 Å². The number of nitrogens with one attached hydrogen (secondary N) is 1. The molecule has 8 nitrogen and oxygen atoms in total. The van der Waals surface area contributed by atoms with Gasteiger partial charge in [0, 0.05) is 12.6 Å². The van der Waals surface area contributed by atoms with Crippen LogP contribution in [0.2, 0.25) is 0 Å². The van der Waals surface area contributed by atoms with E-state index in [1.165, 1.54) is 18.2 Å². The SMILES string of the molecule is COc1ccc2c(c1)CCCC2(O)CNS(=O)(=O)c1ccccc1[N+](=O)[O-]. The molecule has 1 aliphatic carbocycles. The van der Waals surface area contributed by atoms with E-state index in [-0.39, 0.29) is 6.54 Å². The highest BCUT2D eigenvalue weighted by molar-refractivity contribution is 7.89. The smallest absolute Gasteiger partial charge is 0.289 e. The third-order valence-corrected chi connectivity index (χ3v) is 6.20. The summed E-state index contributed by atoms with van der Waals surface area (Å²) in [5.41, 5.74) is -0.366. The van der Waals surface area contributed by atoms with Gasteiger partial charge in [-0.05, 0) is 48.6 Å². The Bertz CT molecular complexity index is 976. The lowest BCUT2D eigenvalue weighted by Crippen LogP contribution is -2.43. The Morgan fingerprint density at radius 1 is 1.30 bits per heavy atom. The fraction of sp³-hybridized carbons (Fsp3) is 0.333. The molecule has 27 heavy (non-hydrogen) atoms. The van der Waals surface area contributed by atoms with Crippen LogP contribution in [-0.2, 0) is 22.0 Å². The van der Waals surface area contributed by atoms with E-state index >= 15 is 0 Å². The van der Waals surface area contributed by atoms with Gasteiger partial charge in [0.1, 0.15) is 11.4 Å². The molecule has 1 unspecified atom stereocenters. The number of ether oxygens (including phenoxy) is 1. The summed E-state index contributed by atoms with van der Waals surface area (Å²) >= 11 is 0. The fourth-order valence-corrected chi connectivity index (χ4v) is 4.63. The second-order valence-corrected chi connectivity index (χ2v) is 8.19. The predicted octanol–water partition coefficient (Wildman–Crippen LogP) is 2.11. The maximum Gasteiger partial charge on any atom is 0.289 e. The van der Waals surface area contributed by atoms with Gasteiger partial charge in [0.25, 0.3) is 5.69 Å². The first-order valence-electron chi connectivity index (χ1n) is 8.40. The van der Waals surface area contributed by atoms with E-state index in [4.69, 9.17) is 4.74 Å². The van der Waals surface area contributed by atoms with Crippen molar-refractivity contribution in [3.8, 4) is 5.75 Å². The summed E-state index contributed by atoms with van der Waals surface area (Å²) < 4.78 is 32.8. The molecule has 9 heteroatoms. The van der Waals surface area contributed by atoms with Gasteiger partial charge in [0.15, 0.2) is 4.90 Å². The van der Waals surface area contributed by atoms with Gasteiger partial charge in [-0.15, -0.1) is 0 Å². The van der Waals surface area contributed by atoms with Gasteiger partial charge < -0.3 is 9.84 Å². The van der Waals surface area contributed by atoms with Crippen molar-refractivity contribution in [1.29, 1.82) is 0 Å². The van der Waals surface area contributed by atoms with Crippen LogP contribution in [0.3, 0.4) is 0 Å². The van der Waals surface area contributed by atoms with Crippen molar-refractivity contribution < 1.29 is 23.2 Å². The van der Waals surface area contributed by atoms with Crippen molar-refractivity contribution in [2.45, 2.75) is 29.8 Å². The van der Waals surface area contributed by atoms with E-state index in [2.05, 4.69) is 4.72 Å². The summed E-state index contributed by atoms with van der Waals surface area (Å²) in [6.07, 6.45) is 1.82. The van der Waals surface area contributed by atoms with Gasteiger partial charge in [0.05, 0.1) is 12.0 Å². The Labute approximate surface area is 157 Å². The highest BCUT2D eigenvalue weighted by Gasteiger charge is 2.36. The molecule has 0 aromatic heterocycles. The molecule has 0 spiro atoms. The highest BCUT2D eigenvalue weighted by Crippen LogP contribution is 2.37. The van der Waals surface area contributed by atoms with E-state index in [1.54, 1.807) is 19.2 Å². The lowest BCUT2D eigenvalue weighted by atomic mass is 9.79. The Hall–Kier alpha value is -2.49. The van der Waals surface area contributed by atoms with Gasteiger partial charge in [0.2, 0.25) is 10.0 Å². The topological polar surface area (TPSA) is 119 Å². The third-order valence-electron chi connectivity index (χ3n) is 4.76. The second-order valence-electron chi connectivity index (χ2n) is 6.46. The quantitative estimate of drug-likeness (QED) is 0.574. The number of hydrogen-bond donors (Lipinski definition) is 2. The summed E-state index contributed by atoms with van der Waals surface area (Å²) in [7, 11) is -2.61. The van der Waals surface area contributed by atoms with Gasteiger partial charge >= 0.3 is 0 Å². The Balaban J connectivity index is 1.88. The molecule has 144 valence electrons. The number of sulfonamides is 1. The molecule has 1 atom stereocenters. The van der Waals surface area contributed by atoms with Crippen molar-refractivity contribution in [1.82, 2.24) is 4.72 Å². The maximum absolute atomic E-state index is 12.6. The van der Waals surface area contributed by atoms with Gasteiger partial charge in [-0.2, -0.15) is 0 Å². The Morgan fingerprint density at radius 3 is 2.74 bits per heavy atom. The normalized spacial score (nSPS) is 19.3. The number of methoxy groups -OCH3 is 1. The van der Waals surface area contributed by atoms with E-state index in [9.17, 15) is 23.6 Å². The summed E-state index contributed by atoms with van der Waals surface area (Å²) in [6, 6.07) is 10.4. The number of para-hydroxylation sites is 1. The van der Waals surface area contributed by atoms with Crippen LogP contribution in [0.25, 0.3) is 0 Å². The number of aliphatic hydroxyl groups is 1. The molecule has 0 amide bonds. The zero-order chi connectivity index (χ0) is 19.7. The summed E-state index contributed by atoms with van der Waals surface area (Å²) in [5.74, 6) is 0.665. The molecule has 2 aromatic carbocycles. The molecule has 0 heterocycles. The molecule has 0 radical (unpaired) electrons. The number of nitrogens with zero attached hydrogens (tertiary/aromatic N) is 1. The predicted molar refractivity (Wildman–Crippen MR) is 98.1 cm³/mol. The first-order chi connectivity index (χ1) is 12.8. The van der Waals surface area contributed by atoms with E-state index in [1.807, 2.05) is 6.07 Å². The molecule has 0 saturated heterocycles.